The Bertz CT molecular complexity index is 1060. The largest absolute Gasteiger partial charge is 0.494 e. The SMILES string of the molecule is CCOc1ccc(CNC(=O)c2ncn3c2C(=O)N(CC)[C@@](C)(C(=O)NC2CCCC2)C3)cc1. The topological polar surface area (TPSA) is 106 Å². The Hall–Kier alpha value is -3.36. The average Bonchev–Trinajstić information content (AvgIpc) is 3.49. The number of amides is 3. The van der Waals surface area contributed by atoms with Crippen LogP contribution in [0.2, 0.25) is 0 Å². The number of hydrogen-bond acceptors (Lipinski definition) is 5. The molecule has 0 saturated heterocycles. The monoisotopic (exact) mass is 467 g/mol. The molecule has 1 saturated carbocycles. The minimum Gasteiger partial charge on any atom is -0.494 e. The van der Waals surface area contributed by atoms with Gasteiger partial charge in [-0.2, -0.15) is 0 Å². The van der Waals surface area contributed by atoms with Crippen LogP contribution in [0.25, 0.3) is 0 Å². The molecule has 1 aliphatic carbocycles. The quantitative estimate of drug-likeness (QED) is 0.621. The van der Waals surface area contributed by atoms with Gasteiger partial charge in [-0.15, -0.1) is 0 Å². The lowest BCUT2D eigenvalue weighted by Crippen LogP contribution is -2.64. The summed E-state index contributed by atoms with van der Waals surface area (Å²) < 4.78 is 7.07. The van der Waals surface area contributed by atoms with Crippen molar-refractivity contribution in [1.82, 2.24) is 25.1 Å². The lowest BCUT2D eigenvalue weighted by Gasteiger charge is -2.43. The number of likely N-dealkylation sites (N-methyl/N-ethyl adjacent to an activating group) is 1. The van der Waals surface area contributed by atoms with Crippen molar-refractivity contribution < 1.29 is 19.1 Å². The standard InChI is InChI=1S/C25H33N5O4/c1-4-30-23(32)21-20(22(31)26-14-17-10-12-19(13-11-17)34-5-2)27-16-29(21)15-25(30,3)24(33)28-18-8-6-7-9-18/h10-13,16,18H,4-9,14-15H2,1-3H3,(H,26,31)(H,28,33)/t25-/m1/s1. The Kier molecular flexibility index (Phi) is 6.90. The number of aromatic nitrogens is 2. The summed E-state index contributed by atoms with van der Waals surface area (Å²) in [7, 11) is 0. The van der Waals surface area contributed by atoms with E-state index in [2.05, 4.69) is 15.6 Å². The summed E-state index contributed by atoms with van der Waals surface area (Å²) in [6, 6.07) is 7.62. The fourth-order valence-corrected chi connectivity index (χ4v) is 4.90. The third-order valence-electron chi connectivity index (χ3n) is 6.76. The van der Waals surface area contributed by atoms with E-state index in [0.717, 1.165) is 37.0 Å². The van der Waals surface area contributed by atoms with Gasteiger partial charge in [0.15, 0.2) is 5.69 Å². The van der Waals surface area contributed by atoms with Crippen molar-refractivity contribution in [2.24, 2.45) is 0 Å². The number of ether oxygens (including phenoxy) is 1. The maximum Gasteiger partial charge on any atom is 0.273 e. The van der Waals surface area contributed by atoms with E-state index < -0.39 is 11.4 Å². The van der Waals surface area contributed by atoms with Crippen LogP contribution >= 0.6 is 0 Å². The van der Waals surface area contributed by atoms with Crippen molar-refractivity contribution in [1.29, 1.82) is 0 Å². The van der Waals surface area contributed by atoms with E-state index in [1.54, 1.807) is 16.4 Å². The Morgan fingerprint density at radius 2 is 1.88 bits per heavy atom. The first kappa shape index (κ1) is 23.8. The molecule has 2 aromatic rings. The van der Waals surface area contributed by atoms with E-state index in [1.165, 1.54) is 6.33 Å². The van der Waals surface area contributed by atoms with Gasteiger partial charge in [-0.25, -0.2) is 4.98 Å². The first-order valence-electron chi connectivity index (χ1n) is 12.0. The summed E-state index contributed by atoms with van der Waals surface area (Å²) in [5, 5.41) is 5.97. The van der Waals surface area contributed by atoms with Crippen molar-refractivity contribution in [3.63, 3.8) is 0 Å². The van der Waals surface area contributed by atoms with Crippen LogP contribution in [0.4, 0.5) is 0 Å². The molecule has 9 heteroatoms. The summed E-state index contributed by atoms with van der Waals surface area (Å²) in [4.78, 5) is 45.4. The van der Waals surface area contributed by atoms with E-state index in [-0.39, 0.29) is 35.8 Å². The molecule has 0 spiro atoms. The van der Waals surface area contributed by atoms with Crippen LogP contribution in [0.1, 0.15) is 73.0 Å². The fraction of sp³-hybridized carbons (Fsp3) is 0.520. The molecule has 1 atom stereocenters. The fourth-order valence-electron chi connectivity index (χ4n) is 4.90. The van der Waals surface area contributed by atoms with Gasteiger partial charge in [0.2, 0.25) is 5.91 Å². The van der Waals surface area contributed by atoms with E-state index in [4.69, 9.17) is 4.74 Å². The van der Waals surface area contributed by atoms with Crippen molar-refractivity contribution in [2.75, 3.05) is 13.2 Å². The average molecular weight is 468 g/mol. The normalized spacial score (nSPS) is 20.2. The first-order chi connectivity index (χ1) is 16.4. The van der Waals surface area contributed by atoms with Gasteiger partial charge in [0.1, 0.15) is 17.0 Å². The molecule has 1 aromatic heterocycles. The van der Waals surface area contributed by atoms with Crippen LogP contribution in [0.3, 0.4) is 0 Å². The van der Waals surface area contributed by atoms with Crippen LogP contribution in [0, 0.1) is 0 Å². The summed E-state index contributed by atoms with van der Waals surface area (Å²) in [5.41, 5.74) is 0.158. The highest BCUT2D eigenvalue weighted by Gasteiger charge is 2.48. The molecule has 0 unspecified atom stereocenters. The summed E-state index contributed by atoms with van der Waals surface area (Å²) in [5.74, 6) is -0.172. The molecule has 2 heterocycles. The molecule has 34 heavy (non-hydrogen) atoms. The zero-order valence-corrected chi connectivity index (χ0v) is 20.1. The Labute approximate surface area is 199 Å². The third kappa shape index (κ3) is 4.51. The van der Waals surface area contributed by atoms with Crippen LogP contribution < -0.4 is 15.4 Å². The lowest BCUT2D eigenvalue weighted by atomic mass is 9.94. The van der Waals surface area contributed by atoms with Gasteiger partial charge in [-0.05, 0) is 51.3 Å². The van der Waals surface area contributed by atoms with Crippen molar-refractivity contribution in [3.8, 4) is 5.75 Å². The van der Waals surface area contributed by atoms with E-state index >= 15 is 0 Å². The highest BCUT2D eigenvalue weighted by molar-refractivity contribution is 6.07. The number of nitrogens with one attached hydrogen (secondary N) is 2. The van der Waals surface area contributed by atoms with Gasteiger partial charge in [-0.1, -0.05) is 25.0 Å². The maximum absolute atomic E-state index is 13.5. The molecule has 1 aliphatic heterocycles. The van der Waals surface area contributed by atoms with Crippen LogP contribution in [-0.2, 0) is 17.9 Å². The Morgan fingerprint density at radius 3 is 2.53 bits per heavy atom. The molecule has 9 nitrogen and oxygen atoms in total. The number of rotatable bonds is 8. The van der Waals surface area contributed by atoms with Gasteiger partial charge < -0.3 is 24.8 Å². The second-order valence-electron chi connectivity index (χ2n) is 9.11. The summed E-state index contributed by atoms with van der Waals surface area (Å²) in [6.45, 7) is 7.04. The first-order valence-corrected chi connectivity index (χ1v) is 12.0. The second kappa shape index (κ2) is 9.87. The number of nitrogens with zero attached hydrogens (tertiary/aromatic N) is 3. The predicted molar refractivity (Wildman–Crippen MR) is 127 cm³/mol. The molecule has 1 fully saturated rings. The Morgan fingerprint density at radius 1 is 1.18 bits per heavy atom. The van der Waals surface area contributed by atoms with Gasteiger partial charge in [0.25, 0.3) is 11.8 Å². The van der Waals surface area contributed by atoms with E-state index in [1.807, 2.05) is 38.1 Å². The van der Waals surface area contributed by atoms with Crippen molar-refractivity contribution >= 4 is 17.7 Å². The minimum absolute atomic E-state index is 0.0765. The molecular weight excluding hydrogens is 434 g/mol. The molecule has 2 aliphatic rings. The van der Waals surface area contributed by atoms with E-state index in [0.29, 0.717) is 19.7 Å². The molecule has 3 amide bonds. The minimum atomic E-state index is -1.04. The second-order valence-corrected chi connectivity index (χ2v) is 9.11. The molecule has 182 valence electrons. The summed E-state index contributed by atoms with van der Waals surface area (Å²) in [6.07, 6.45) is 5.64. The smallest absolute Gasteiger partial charge is 0.273 e. The van der Waals surface area contributed by atoms with Gasteiger partial charge >= 0.3 is 0 Å². The number of fused-ring (bicyclic) bond motifs is 1. The number of hydrogen-bond donors (Lipinski definition) is 2. The molecular formula is C25H33N5O4. The highest BCUT2D eigenvalue weighted by atomic mass is 16.5. The number of carbonyl (C=O) groups excluding carboxylic acids is 3. The lowest BCUT2D eigenvalue weighted by molar-refractivity contribution is -0.133. The van der Waals surface area contributed by atoms with Crippen LogP contribution in [0.5, 0.6) is 5.75 Å². The van der Waals surface area contributed by atoms with Gasteiger partial charge in [0, 0.05) is 19.1 Å². The van der Waals surface area contributed by atoms with Crippen molar-refractivity contribution in [3.05, 3.63) is 47.5 Å². The molecule has 4 rings (SSSR count). The van der Waals surface area contributed by atoms with E-state index in [9.17, 15) is 14.4 Å². The predicted octanol–water partition coefficient (Wildman–Crippen LogP) is 2.50. The van der Waals surface area contributed by atoms with Crippen LogP contribution in [0.15, 0.2) is 30.6 Å². The molecule has 0 radical (unpaired) electrons. The maximum atomic E-state index is 13.5. The third-order valence-corrected chi connectivity index (χ3v) is 6.76. The van der Waals surface area contributed by atoms with Crippen LogP contribution in [-0.4, -0.2) is 56.9 Å². The van der Waals surface area contributed by atoms with Gasteiger partial charge in [0.05, 0.1) is 19.5 Å². The summed E-state index contributed by atoms with van der Waals surface area (Å²) >= 11 is 0. The highest BCUT2D eigenvalue weighted by Crippen LogP contribution is 2.29. The van der Waals surface area contributed by atoms with Crippen molar-refractivity contribution in [2.45, 2.75) is 71.1 Å². The zero-order valence-electron chi connectivity index (χ0n) is 20.1. The zero-order chi connectivity index (χ0) is 24.3. The molecule has 2 N–H and O–H groups in total. The molecule has 0 bridgehead atoms. The Balaban J connectivity index is 1.49. The van der Waals surface area contributed by atoms with Gasteiger partial charge in [-0.3, -0.25) is 14.4 Å². The number of imidazole rings is 1. The number of carbonyl (C=O) groups is 3. The molecule has 1 aromatic carbocycles. The number of benzene rings is 1.